The van der Waals surface area contributed by atoms with Crippen LogP contribution in [-0.2, 0) is 9.53 Å². The van der Waals surface area contributed by atoms with Crippen LogP contribution in [0.15, 0.2) is 35.2 Å². The maximum Gasteiger partial charge on any atom is 0.324 e. The lowest BCUT2D eigenvalue weighted by atomic mass is 10.3. The molecule has 0 saturated carbocycles. The molecule has 0 fully saturated rings. The Hall–Kier alpha value is -0.650. The van der Waals surface area contributed by atoms with E-state index in [4.69, 9.17) is 4.74 Å². The van der Waals surface area contributed by atoms with Crippen molar-refractivity contribution < 1.29 is 9.53 Å². The number of rotatable bonds is 8. The van der Waals surface area contributed by atoms with Crippen LogP contribution >= 0.6 is 21.6 Å². The molecule has 1 atom stereocenters. The number of esters is 1. The third-order valence-corrected chi connectivity index (χ3v) is 4.69. The van der Waals surface area contributed by atoms with E-state index >= 15 is 0 Å². The number of benzene rings is 1. The minimum atomic E-state index is -0.265. The second-order valence-corrected chi connectivity index (χ2v) is 7.45. The van der Waals surface area contributed by atoms with Crippen molar-refractivity contribution in [1.29, 1.82) is 0 Å². The maximum atomic E-state index is 12.0. The summed E-state index contributed by atoms with van der Waals surface area (Å²) in [7, 11) is 3.35. The van der Waals surface area contributed by atoms with Gasteiger partial charge in [-0.3, -0.25) is 4.79 Å². The number of carbonyl (C=O) groups is 1. The number of ether oxygens (including phenoxy) is 1. The Labute approximate surface area is 129 Å². The summed E-state index contributed by atoms with van der Waals surface area (Å²) >= 11 is 0. The number of hydrogen-bond acceptors (Lipinski definition) is 5. The van der Waals surface area contributed by atoms with Crippen LogP contribution in [0.4, 0.5) is 0 Å². The SMILES string of the molecule is CC(C)NC(CSSc1ccccc1)C(=O)OC(C)C. The molecule has 112 valence electrons. The van der Waals surface area contributed by atoms with Crippen molar-refractivity contribution in [3.05, 3.63) is 30.3 Å². The van der Waals surface area contributed by atoms with Crippen molar-refractivity contribution in [3.8, 4) is 0 Å². The molecule has 5 heteroatoms. The van der Waals surface area contributed by atoms with Gasteiger partial charge < -0.3 is 10.1 Å². The lowest BCUT2D eigenvalue weighted by Crippen LogP contribution is -2.44. The zero-order chi connectivity index (χ0) is 15.0. The maximum absolute atomic E-state index is 12.0. The summed E-state index contributed by atoms with van der Waals surface area (Å²) in [5, 5.41) is 3.26. The van der Waals surface area contributed by atoms with Gasteiger partial charge >= 0.3 is 5.97 Å². The van der Waals surface area contributed by atoms with Crippen LogP contribution in [0.2, 0.25) is 0 Å². The first-order chi connectivity index (χ1) is 9.49. The van der Waals surface area contributed by atoms with Crippen molar-refractivity contribution in [2.45, 2.75) is 50.8 Å². The zero-order valence-corrected chi connectivity index (χ0v) is 14.1. The van der Waals surface area contributed by atoms with Crippen LogP contribution in [0.3, 0.4) is 0 Å². The first-order valence-electron chi connectivity index (χ1n) is 6.80. The predicted molar refractivity (Wildman–Crippen MR) is 88.0 cm³/mol. The molecule has 1 rings (SSSR count). The fourth-order valence-electron chi connectivity index (χ4n) is 1.55. The largest absolute Gasteiger partial charge is 0.462 e. The monoisotopic (exact) mass is 313 g/mol. The molecule has 0 amide bonds. The average molecular weight is 313 g/mol. The highest BCUT2D eigenvalue weighted by atomic mass is 33.1. The van der Waals surface area contributed by atoms with E-state index in [1.807, 2.05) is 45.9 Å². The van der Waals surface area contributed by atoms with Gasteiger partial charge in [0.15, 0.2) is 0 Å². The van der Waals surface area contributed by atoms with Crippen LogP contribution in [-0.4, -0.2) is 29.9 Å². The van der Waals surface area contributed by atoms with E-state index in [1.54, 1.807) is 21.6 Å². The van der Waals surface area contributed by atoms with Gasteiger partial charge in [-0.05, 0) is 26.0 Å². The third-order valence-electron chi connectivity index (χ3n) is 2.30. The molecule has 0 aromatic heterocycles. The Bertz CT molecular complexity index is 396. The molecule has 0 bridgehead atoms. The van der Waals surface area contributed by atoms with E-state index < -0.39 is 0 Å². The summed E-state index contributed by atoms with van der Waals surface area (Å²) in [6, 6.07) is 10.1. The number of hydrogen-bond donors (Lipinski definition) is 1. The van der Waals surface area contributed by atoms with Gasteiger partial charge in [0.25, 0.3) is 0 Å². The highest BCUT2D eigenvalue weighted by molar-refractivity contribution is 8.76. The molecule has 1 unspecified atom stereocenters. The van der Waals surface area contributed by atoms with E-state index in [-0.39, 0.29) is 24.2 Å². The van der Waals surface area contributed by atoms with Crippen molar-refractivity contribution in [2.24, 2.45) is 0 Å². The van der Waals surface area contributed by atoms with E-state index in [2.05, 4.69) is 17.4 Å². The van der Waals surface area contributed by atoms with Crippen LogP contribution in [0.1, 0.15) is 27.7 Å². The van der Waals surface area contributed by atoms with Gasteiger partial charge in [0.05, 0.1) is 6.10 Å². The number of nitrogens with one attached hydrogen (secondary N) is 1. The molecule has 0 radical (unpaired) electrons. The molecule has 1 N–H and O–H groups in total. The van der Waals surface area contributed by atoms with E-state index in [9.17, 15) is 4.79 Å². The van der Waals surface area contributed by atoms with Crippen molar-refractivity contribution >= 4 is 27.6 Å². The van der Waals surface area contributed by atoms with Gasteiger partial charge in [0.2, 0.25) is 0 Å². The van der Waals surface area contributed by atoms with Gasteiger partial charge in [0, 0.05) is 16.7 Å². The predicted octanol–water partition coefficient (Wildman–Crippen LogP) is 3.75. The van der Waals surface area contributed by atoms with E-state index in [1.165, 1.54) is 4.90 Å². The van der Waals surface area contributed by atoms with Crippen LogP contribution in [0.5, 0.6) is 0 Å². The molecule has 0 spiro atoms. The molecule has 1 aromatic rings. The summed E-state index contributed by atoms with van der Waals surface area (Å²) in [4.78, 5) is 13.2. The average Bonchev–Trinajstić information content (AvgIpc) is 2.37. The first kappa shape index (κ1) is 17.4. The molecule has 0 heterocycles. The van der Waals surface area contributed by atoms with Gasteiger partial charge in [-0.1, -0.05) is 53.6 Å². The Balaban J connectivity index is 2.46. The molecule has 1 aromatic carbocycles. The summed E-state index contributed by atoms with van der Waals surface area (Å²) in [5.74, 6) is 0.512. The topological polar surface area (TPSA) is 38.3 Å². The molecule has 3 nitrogen and oxygen atoms in total. The van der Waals surface area contributed by atoms with Gasteiger partial charge in [-0.2, -0.15) is 0 Å². The van der Waals surface area contributed by atoms with E-state index in [0.717, 1.165) is 0 Å². The zero-order valence-electron chi connectivity index (χ0n) is 12.5. The smallest absolute Gasteiger partial charge is 0.324 e. The molecular formula is C15H23NO2S2. The molecule has 0 aliphatic heterocycles. The van der Waals surface area contributed by atoms with Crippen LogP contribution in [0.25, 0.3) is 0 Å². The Morgan fingerprint density at radius 1 is 1.20 bits per heavy atom. The lowest BCUT2D eigenvalue weighted by molar-refractivity contribution is -0.149. The Kier molecular flexibility index (Phi) is 8.11. The highest BCUT2D eigenvalue weighted by Crippen LogP contribution is 2.31. The van der Waals surface area contributed by atoms with Crippen molar-refractivity contribution in [1.82, 2.24) is 5.32 Å². The minimum Gasteiger partial charge on any atom is -0.462 e. The minimum absolute atomic E-state index is 0.0780. The third kappa shape index (κ3) is 7.22. The number of carbonyl (C=O) groups excluding carboxylic acids is 1. The molecule has 20 heavy (non-hydrogen) atoms. The summed E-state index contributed by atoms with van der Waals surface area (Å²) in [6.07, 6.45) is -0.0780. The first-order valence-corrected chi connectivity index (χ1v) is 9.12. The van der Waals surface area contributed by atoms with Crippen LogP contribution in [0, 0.1) is 0 Å². The van der Waals surface area contributed by atoms with Crippen LogP contribution < -0.4 is 5.32 Å². The Morgan fingerprint density at radius 2 is 1.85 bits per heavy atom. The summed E-state index contributed by atoms with van der Waals surface area (Å²) < 4.78 is 5.29. The fraction of sp³-hybridized carbons (Fsp3) is 0.533. The normalized spacial score (nSPS) is 12.7. The summed E-state index contributed by atoms with van der Waals surface area (Å²) in [6.45, 7) is 7.81. The molecular weight excluding hydrogens is 290 g/mol. The highest BCUT2D eigenvalue weighted by Gasteiger charge is 2.21. The second-order valence-electron chi connectivity index (χ2n) is 5.04. The molecule has 0 aliphatic carbocycles. The van der Waals surface area contributed by atoms with Gasteiger partial charge in [-0.15, -0.1) is 0 Å². The van der Waals surface area contributed by atoms with Gasteiger partial charge in [0.1, 0.15) is 6.04 Å². The fourth-order valence-corrected chi connectivity index (χ4v) is 3.74. The lowest BCUT2D eigenvalue weighted by Gasteiger charge is -2.20. The Morgan fingerprint density at radius 3 is 2.40 bits per heavy atom. The van der Waals surface area contributed by atoms with E-state index in [0.29, 0.717) is 5.75 Å². The van der Waals surface area contributed by atoms with Gasteiger partial charge in [-0.25, -0.2) is 0 Å². The molecule has 0 saturated heterocycles. The molecule has 0 aliphatic rings. The van der Waals surface area contributed by atoms with Crippen molar-refractivity contribution in [2.75, 3.05) is 5.75 Å². The standard InChI is InChI=1S/C15H23NO2S2/c1-11(2)16-14(15(17)18-12(3)4)10-19-20-13-8-6-5-7-9-13/h5-9,11-12,14,16H,10H2,1-4H3. The second kappa shape index (κ2) is 9.32. The van der Waals surface area contributed by atoms with Crippen molar-refractivity contribution in [3.63, 3.8) is 0 Å². The quantitative estimate of drug-likeness (QED) is 0.584. The summed E-state index contributed by atoms with van der Waals surface area (Å²) in [5.41, 5.74) is 0.